The summed E-state index contributed by atoms with van der Waals surface area (Å²) < 4.78 is 23.5. The Morgan fingerprint density at radius 2 is 1.65 bits per heavy atom. The third-order valence-corrected chi connectivity index (χ3v) is 6.61. The Balaban J connectivity index is 0.000000202. The summed E-state index contributed by atoms with van der Waals surface area (Å²) in [5.74, 6) is 0. The first-order chi connectivity index (χ1) is 16.3. The first-order valence-electron chi connectivity index (χ1n) is 10.9. The fraction of sp³-hybridized carbons (Fsp3) is 0.231. The van der Waals surface area contributed by atoms with Crippen LogP contribution in [-0.4, -0.2) is 31.9 Å². The van der Waals surface area contributed by atoms with Crippen molar-refractivity contribution in [2.75, 3.05) is 16.9 Å². The maximum absolute atomic E-state index is 11.7. The van der Waals surface area contributed by atoms with Crippen LogP contribution in [0.5, 0.6) is 0 Å². The molecule has 0 heterocycles. The Labute approximate surface area is 200 Å². The lowest BCUT2D eigenvalue weighted by Crippen LogP contribution is -2.14. The lowest BCUT2D eigenvalue weighted by molar-refractivity contribution is 0.209. The van der Waals surface area contributed by atoms with E-state index in [2.05, 4.69) is 16.7 Å². The predicted molar refractivity (Wildman–Crippen MR) is 134 cm³/mol. The number of nitrogens with zero attached hydrogens (tertiary/aromatic N) is 1. The number of carbonyl (C=O) groups is 1. The van der Waals surface area contributed by atoms with E-state index in [-0.39, 0.29) is 4.90 Å². The summed E-state index contributed by atoms with van der Waals surface area (Å²) in [6.07, 6.45) is 5.19. The Kier molecular flexibility index (Phi) is 8.28. The molecule has 8 heteroatoms. The van der Waals surface area contributed by atoms with Gasteiger partial charge in [0.05, 0.1) is 16.5 Å². The highest BCUT2D eigenvalue weighted by molar-refractivity contribution is 7.90. The van der Waals surface area contributed by atoms with Crippen LogP contribution >= 0.6 is 0 Å². The molecule has 3 N–H and O–H groups in total. The van der Waals surface area contributed by atoms with Gasteiger partial charge in [-0.05, 0) is 54.8 Å². The number of nitriles is 1. The second-order valence-corrected chi connectivity index (χ2v) is 10.1. The molecule has 0 spiro atoms. The Hall–Kier alpha value is -3.83. The predicted octanol–water partition coefficient (Wildman–Crippen LogP) is 5.76. The van der Waals surface area contributed by atoms with Crippen LogP contribution in [0.1, 0.15) is 31.2 Å². The Morgan fingerprint density at radius 1 is 0.971 bits per heavy atom. The van der Waals surface area contributed by atoms with E-state index in [4.69, 9.17) is 10.4 Å². The summed E-state index contributed by atoms with van der Waals surface area (Å²) in [5, 5.41) is 23.0. The maximum atomic E-state index is 11.7. The first-order valence-corrected chi connectivity index (χ1v) is 12.8. The molecule has 0 radical (unpaired) electrons. The molecule has 1 amide bonds. The van der Waals surface area contributed by atoms with E-state index in [0.717, 1.165) is 17.5 Å². The SMILES string of the molecule is CS(=O)(=O)c1ccccc1-c1ccc(NC(=O)O)cc1.N#Cc1cccc(NC2CCCC2)c1. The van der Waals surface area contributed by atoms with Crippen molar-refractivity contribution in [1.29, 1.82) is 5.26 Å². The van der Waals surface area contributed by atoms with E-state index in [0.29, 0.717) is 22.9 Å². The molecule has 4 rings (SSSR count). The van der Waals surface area contributed by atoms with Crippen molar-refractivity contribution in [3.8, 4) is 17.2 Å². The largest absolute Gasteiger partial charge is 0.465 e. The third kappa shape index (κ3) is 7.09. The van der Waals surface area contributed by atoms with Crippen LogP contribution in [0.25, 0.3) is 11.1 Å². The van der Waals surface area contributed by atoms with Crippen LogP contribution in [-0.2, 0) is 9.84 Å². The van der Waals surface area contributed by atoms with E-state index in [9.17, 15) is 13.2 Å². The molecule has 0 atom stereocenters. The number of hydrogen-bond acceptors (Lipinski definition) is 5. The molecule has 3 aromatic rings. The molecular formula is C26H27N3O4S. The molecule has 1 saturated carbocycles. The van der Waals surface area contributed by atoms with Crippen LogP contribution < -0.4 is 10.6 Å². The molecule has 1 aliphatic rings. The number of amides is 1. The summed E-state index contributed by atoms with van der Waals surface area (Å²) in [7, 11) is -3.32. The van der Waals surface area contributed by atoms with Gasteiger partial charge in [-0.2, -0.15) is 5.26 Å². The first kappa shape index (κ1) is 24.8. The third-order valence-electron chi connectivity index (χ3n) is 5.45. The van der Waals surface area contributed by atoms with Crippen molar-refractivity contribution in [2.45, 2.75) is 36.6 Å². The number of sulfone groups is 1. The summed E-state index contributed by atoms with van der Waals surface area (Å²) in [6.45, 7) is 0. The highest BCUT2D eigenvalue weighted by Crippen LogP contribution is 2.28. The van der Waals surface area contributed by atoms with E-state index in [1.54, 1.807) is 48.5 Å². The van der Waals surface area contributed by atoms with Crippen LogP contribution in [0.4, 0.5) is 16.2 Å². The molecular weight excluding hydrogens is 450 g/mol. The van der Waals surface area contributed by atoms with Gasteiger partial charge in [-0.15, -0.1) is 0 Å². The zero-order chi connectivity index (χ0) is 24.6. The molecule has 3 aromatic carbocycles. The van der Waals surface area contributed by atoms with Crippen molar-refractivity contribution in [2.24, 2.45) is 0 Å². The van der Waals surface area contributed by atoms with E-state index in [1.807, 2.05) is 24.3 Å². The number of hydrogen-bond donors (Lipinski definition) is 3. The molecule has 0 aromatic heterocycles. The maximum Gasteiger partial charge on any atom is 0.409 e. The van der Waals surface area contributed by atoms with Gasteiger partial charge in [0.2, 0.25) is 0 Å². The second-order valence-electron chi connectivity index (χ2n) is 8.09. The van der Waals surface area contributed by atoms with Crippen LogP contribution in [0, 0.1) is 11.3 Å². The fourth-order valence-electron chi connectivity index (χ4n) is 3.87. The summed E-state index contributed by atoms with van der Waals surface area (Å²) >= 11 is 0. The molecule has 0 saturated heterocycles. The standard InChI is InChI=1S/C14H13NO4S.C12H14N2/c1-20(18,19)13-5-3-2-4-12(13)10-6-8-11(9-7-10)15-14(16)17;13-9-10-4-3-7-12(8-10)14-11-5-1-2-6-11/h2-9,15H,1H3,(H,16,17);3-4,7-8,11,14H,1-2,5-6H2. The smallest absolute Gasteiger partial charge is 0.409 e. The van der Waals surface area contributed by atoms with Gasteiger partial charge < -0.3 is 10.4 Å². The van der Waals surface area contributed by atoms with Gasteiger partial charge >= 0.3 is 6.09 Å². The van der Waals surface area contributed by atoms with Crippen molar-refractivity contribution in [1.82, 2.24) is 0 Å². The van der Waals surface area contributed by atoms with Gasteiger partial charge in [0.1, 0.15) is 0 Å². The van der Waals surface area contributed by atoms with Gasteiger partial charge in [-0.25, -0.2) is 13.2 Å². The van der Waals surface area contributed by atoms with Crippen LogP contribution in [0.3, 0.4) is 0 Å². The minimum absolute atomic E-state index is 0.249. The van der Waals surface area contributed by atoms with E-state index in [1.165, 1.54) is 25.7 Å². The van der Waals surface area contributed by atoms with Crippen molar-refractivity contribution < 1.29 is 18.3 Å². The number of benzene rings is 3. The molecule has 176 valence electrons. The lowest BCUT2D eigenvalue weighted by Gasteiger charge is -2.13. The molecule has 1 fully saturated rings. The molecule has 7 nitrogen and oxygen atoms in total. The molecule has 1 aliphatic carbocycles. The lowest BCUT2D eigenvalue weighted by atomic mass is 10.1. The van der Waals surface area contributed by atoms with Crippen LogP contribution in [0.2, 0.25) is 0 Å². The number of anilines is 2. The van der Waals surface area contributed by atoms with Crippen molar-refractivity contribution in [3.05, 3.63) is 78.4 Å². The van der Waals surface area contributed by atoms with E-state index >= 15 is 0 Å². The van der Waals surface area contributed by atoms with Crippen molar-refractivity contribution in [3.63, 3.8) is 0 Å². The summed E-state index contributed by atoms with van der Waals surface area (Å²) in [4.78, 5) is 10.8. The van der Waals surface area contributed by atoms with Gasteiger partial charge in [0, 0.05) is 29.2 Å². The van der Waals surface area contributed by atoms with Gasteiger partial charge in [-0.1, -0.05) is 49.2 Å². The van der Waals surface area contributed by atoms with Gasteiger partial charge in [-0.3, -0.25) is 5.32 Å². The summed E-state index contributed by atoms with van der Waals surface area (Å²) in [6, 6.07) is 23.7. The zero-order valence-electron chi connectivity index (χ0n) is 18.9. The molecule has 0 bridgehead atoms. The average molecular weight is 478 g/mol. The van der Waals surface area contributed by atoms with Crippen LogP contribution in [0.15, 0.2) is 77.7 Å². The monoisotopic (exact) mass is 477 g/mol. The van der Waals surface area contributed by atoms with E-state index < -0.39 is 15.9 Å². The fourth-order valence-corrected chi connectivity index (χ4v) is 4.78. The minimum Gasteiger partial charge on any atom is -0.465 e. The van der Waals surface area contributed by atoms with Crippen molar-refractivity contribution >= 4 is 27.3 Å². The molecule has 34 heavy (non-hydrogen) atoms. The highest BCUT2D eigenvalue weighted by Gasteiger charge is 2.15. The average Bonchev–Trinajstić information content (AvgIpc) is 3.32. The molecule has 0 aliphatic heterocycles. The Bertz CT molecular complexity index is 1280. The second kappa shape index (κ2) is 11.3. The number of carboxylic acid groups (broad SMARTS) is 1. The quantitative estimate of drug-likeness (QED) is 0.430. The summed E-state index contributed by atoms with van der Waals surface area (Å²) in [5.41, 5.74) is 3.54. The highest BCUT2D eigenvalue weighted by atomic mass is 32.2. The minimum atomic E-state index is -3.32. The normalized spacial score (nSPS) is 13.3. The topological polar surface area (TPSA) is 119 Å². The zero-order valence-corrected chi connectivity index (χ0v) is 19.7. The molecule has 0 unspecified atom stereocenters. The van der Waals surface area contributed by atoms with Gasteiger partial charge in [0.15, 0.2) is 9.84 Å². The van der Waals surface area contributed by atoms with Gasteiger partial charge in [0.25, 0.3) is 0 Å². The Morgan fingerprint density at radius 3 is 2.26 bits per heavy atom. The number of rotatable bonds is 5. The number of nitrogens with one attached hydrogen (secondary N) is 2.